The van der Waals surface area contributed by atoms with Gasteiger partial charge in [-0.2, -0.15) is 5.10 Å². The topological polar surface area (TPSA) is 75.0 Å². The lowest BCUT2D eigenvalue weighted by atomic mass is 9.81. The predicted molar refractivity (Wildman–Crippen MR) is 138 cm³/mol. The van der Waals surface area contributed by atoms with Crippen LogP contribution in [0.25, 0.3) is 16.8 Å². The van der Waals surface area contributed by atoms with Gasteiger partial charge in [-0.3, -0.25) is 4.79 Å². The molecule has 0 unspecified atom stereocenters. The summed E-state index contributed by atoms with van der Waals surface area (Å²) in [5.74, 6) is 1.93. The Kier molecular flexibility index (Phi) is 6.49. The fourth-order valence-electron chi connectivity index (χ4n) is 5.06. The van der Waals surface area contributed by atoms with Gasteiger partial charge in [-0.05, 0) is 47.1 Å². The molecule has 0 fully saturated rings. The summed E-state index contributed by atoms with van der Waals surface area (Å²) in [6.45, 7) is 4.69. The number of fused-ring (bicyclic) bond motifs is 3. The smallest absolute Gasteiger partial charge is 0.166 e. The molecule has 2 aromatic heterocycles. The highest BCUT2D eigenvalue weighted by molar-refractivity contribution is 5.99. The van der Waals surface area contributed by atoms with Crippen molar-refractivity contribution < 1.29 is 19.0 Å². The Morgan fingerprint density at radius 1 is 1.00 bits per heavy atom. The van der Waals surface area contributed by atoms with Crippen LogP contribution in [0.5, 0.6) is 11.5 Å². The Morgan fingerprint density at radius 3 is 2.42 bits per heavy atom. The van der Waals surface area contributed by atoms with Crippen LogP contribution in [0.4, 0.5) is 0 Å². The predicted octanol–water partition coefficient (Wildman–Crippen LogP) is 5.60. The number of hydrogen-bond donors (Lipinski definition) is 0. The summed E-state index contributed by atoms with van der Waals surface area (Å²) in [4.78, 5) is 17.9. The zero-order valence-electron chi connectivity index (χ0n) is 21.4. The third-order valence-corrected chi connectivity index (χ3v) is 7.02. The lowest BCUT2D eigenvalue weighted by molar-refractivity contribution is 0.0962. The van der Waals surface area contributed by atoms with Crippen molar-refractivity contribution in [1.29, 1.82) is 0 Å². The highest BCUT2D eigenvalue weighted by Gasteiger charge is 2.30. The Bertz CT molecular complexity index is 1420. The Morgan fingerprint density at radius 2 is 1.75 bits per heavy atom. The summed E-state index contributed by atoms with van der Waals surface area (Å²) < 4.78 is 18.3. The molecule has 0 aliphatic heterocycles. The SMILES string of the molecule is COCc1nn2c3c(cnc2c1-c1ccc(OC)c(OC)c1)C(=O)C[C@@H](c1ccc(C(C)C)cc1)C3. The highest BCUT2D eigenvalue weighted by atomic mass is 16.5. The van der Waals surface area contributed by atoms with E-state index in [0.717, 1.165) is 22.5 Å². The van der Waals surface area contributed by atoms with E-state index in [2.05, 4.69) is 38.1 Å². The molecule has 7 heteroatoms. The van der Waals surface area contributed by atoms with Crippen LogP contribution in [0.3, 0.4) is 0 Å². The summed E-state index contributed by atoms with van der Waals surface area (Å²) in [7, 11) is 4.87. The largest absolute Gasteiger partial charge is 0.493 e. The van der Waals surface area contributed by atoms with Crippen LogP contribution in [0.1, 0.15) is 65.0 Å². The van der Waals surface area contributed by atoms with Crippen molar-refractivity contribution in [3.8, 4) is 22.6 Å². The number of nitrogens with zero attached hydrogens (tertiary/aromatic N) is 3. The first kappa shape index (κ1) is 24.0. The number of methoxy groups -OCH3 is 3. The maximum atomic E-state index is 13.2. The maximum Gasteiger partial charge on any atom is 0.166 e. The van der Waals surface area contributed by atoms with E-state index in [1.54, 1.807) is 27.5 Å². The summed E-state index contributed by atoms with van der Waals surface area (Å²) in [6.07, 6.45) is 2.88. The molecule has 1 atom stereocenters. The zero-order chi connectivity index (χ0) is 25.4. The number of hydrogen-bond acceptors (Lipinski definition) is 6. The van der Waals surface area contributed by atoms with Crippen LogP contribution in [0.2, 0.25) is 0 Å². The summed E-state index contributed by atoms with van der Waals surface area (Å²) in [5, 5.41) is 4.89. The zero-order valence-corrected chi connectivity index (χ0v) is 21.4. The van der Waals surface area contributed by atoms with Gasteiger partial charge in [0, 0.05) is 19.7 Å². The van der Waals surface area contributed by atoms with E-state index in [1.165, 1.54) is 11.1 Å². The maximum absolute atomic E-state index is 13.2. The number of carbonyl (C=O) groups excluding carboxylic acids is 1. The standard InChI is InChI=1S/C29H31N3O4/c1-17(2)18-6-8-19(9-7-18)21-12-24-22(25(33)13-21)15-30-29-28(23(16-34-3)31-32(24)29)20-10-11-26(35-4)27(14-20)36-5/h6-11,14-15,17,21H,12-13,16H2,1-5H3/t21-/m0/s1. The second kappa shape index (κ2) is 9.74. The van der Waals surface area contributed by atoms with Crippen molar-refractivity contribution in [2.45, 2.75) is 45.1 Å². The number of carbonyl (C=O) groups is 1. The Labute approximate surface area is 211 Å². The molecule has 0 saturated heterocycles. The van der Waals surface area contributed by atoms with Crippen molar-refractivity contribution in [2.75, 3.05) is 21.3 Å². The molecule has 0 bridgehead atoms. The minimum absolute atomic E-state index is 0.0939. The second-order valence-electron chi connectivity index (χ2n) is 9.53. The van der Waals surface area contributed by atoms with Crippen LogP contribution < -0.4 is 9.47 Å². The van der Waals surface area contributed by atoms with Crippen LogP contribution >= 0.6 is 0 Å². The molecule has 0 N–H and O–H groups in total. The van der Waals surface area contributed by atoms with Crippen molar-refractivity contribution in [3.63, 3.8) is 0 Å². The van der Waals surface area contributed by atoms with Crippen LogP contribution in [0, 0.1) is 0 Å². The molecule has 7 nitrogen and oxygen atoms in total. The van der Waals surface area contributed by atoms with Gasteiger partial charge in [-0.25, -0.2) is 9.50 Å². The fourth-order valence-corrected chi connectivity index (χ4v) is 5.06. The van der Waals surface area contributed by atoms with Crippen molar-refractivity contribution in [3.05, 3.63) is 76.7 Å². The van der Waals surface area contributed by atoms with Gasteiger partial charge in [0.1, 0.15) is 0 Å². The molecule has 0 amide bonds. The van der Waals surface area contributed by atoms with E-state index in [4.69, 9.17) is 24.3 Å². The average molecular weight is 486 g/mol. The second-order valence-corrected chi connectivity index (χ2v) is 9.53. The molecular weight excluding hydrogens is 454 g/mol. The van der Waals surface area contributed by atoms with Crippen LogP contribution in [0.15, 0.2) is 48.7 Å². The molecule has 5 rings (SSSR count). The Balaban J connectivity index is 1.63. The molecule has 186 valence electrons. The van der Waals surface area contributed by atoms with Gasteiger partial charge in [0.25, 0.3) is 0 Å². The van der Waals surface area contributed by atoms with E-state index < -0.39 is 0 Å². The van der Waals surface area contributed by atoms with Gasteiger partial charge in [-0.1, -0.05) is 44.2 Å². The van der Waals surface area contributed by atoms with Gasteiger partial charge < -0.3 is 14.2 Å². The molecular formula is C29H31N3O4. The number of benzene rings is 2. The number of ether oxygens (including phenoxy) is 3. The molecule has 0 saturated carbocycles. The highest BCUT2D eigenvalue weighted by Crippen LogP contribution is 2.38. The molecule has 1 aliphatic carbocycles. The third kappa shape index (κ3) is 4.13. The molecule has 1 aliphatic rings. The molecule has 4 aromatic rings. The lowest BCUT2D eigenvalue weighted by Gasteiger charge is -2.24. The summed E-state index contributed by atoms with van der Waals surface area (Å²) in [5.41, 5.74) is 7.19. The van der Waals surface area contributed by atoms with Crippen molar-refractivity contribution in [1.82, 2.24) is 14.6 Å². The van der Waals surface area contributed by atoms with E-state index in [9.17, 15) is 4.79 Å². The number of aromatic nitrogens is 3. The number of Topliss-reactive ketones (excluding diaryl/α,β-unsaturated/α-hetero) is 1. The minimum Gasteiger partial charge on any atom is -0.493 e. The first-order valence-corrected chi connectivity index (χ1v) is 12.2. The first-order chi connectivity index (χ1) is 17.4. The van der Waals surface area contributed by atoms with Crippen molar-refractivity contribution >= 4 is 11.4 Å². The van der Waals surface area contributed by atoms with E-state index in [0.29, 0.717) is 48.1 Å². The summed E-state index contributed by atoms with van der Waals surface area (Å²) >= 11 is 0. The third-order valence-electron chi connectivity index (χ3n) is 7.02. The number of rotatable bonds is 7. The van der Waals surface area contributed by atoms with E-state index in [-0.39, 0.29) is 11.7 Å². The quantitative estimate of drug-likeness (QED) is 0.339. The lowest BCUT2D eigenvalue weighted by Crippen LogP contribution is -2.22. The fraction of sp³-hybridized carbons (Fsp3) is 0.345. The van der Waals surface area contributed by atoms with Gasteiger partial charge in [-0.15, -0.1) is 0 Å². The summed E-state index contributed by atoms with van der Waals surface area (Å²) in [6, 6.07) is 14.4. The van der Waals surface area contributed by atoms with Crippen LogP contribution in [-0.2, 0) is 17.8 Å². The van der Waals surface area contributed by atoms with Gasteiger partial charge in [0.15, 0.2) is 22.9 Å². The Hall–Kier alpha value is -3.71. The first-order valence-electron chi connectivity index (χ1n) is 12.2. The van der Waals surface area contributed by atoms with Crippen molar-refractivity contribution in [2.24, 2.45) is 0 Å². The molecule has 2 aromatic carbocycles. The average Bonchev–Trinajstić information content (AvgIpc) is 3.27. The minimum atomic E-state index is 0.0939. The molecule has 36 heavy (non-hydrogen) atoms. The van der Waals surface area contributed by atoms with Gasteiger partial charge in [0.2, 0.25) is 0 Å². The van der Waals surface area contributed by atoms with Gasteiger partial charge in [0.05, 0.1) is 43.3 Å². The van der Waals surface area contributed by atoms with E-state index >= 15 is 0 Å². The molecule has 2 heterocycles. The van der Waals surface area contributed by atoms with Crippen LogP contribution in [-0.4, -0.2) is 41.7 Å². The monoisotopic (exact) mass is 485 g/mol. The molecule has 0 spiro atoms. The van der Waals surface area contributed by atoms with Gasteiger partial charge >= 0.3 is 0 Å². The number of ketones is 1. The van der Waals surface area contributed by atoms with E-state index in [1.807, 2.05) is 22.7 Å². The normalized spacial score (nSPS) is 15.4. The molecule has 0 radical (unpaired) electrons.